The summed E-state index contributed by atoms with van der Waals surface area (Å²) in [6, 6.07) is 11.3. The second-order valence-corrected chi connectivity index (χ2v) is 9.46. The molecule has 1 amide bonds. The van der Waals surface area contributed by atoms with Crippen molar-refractivity contribution in [3.63, 3.8) is 0 Å². The Labute approximate surface area is 177 Å². The first-order valence-corrected chi connectivity index (χ1v) is 11.4. The van der Waals surface area contributed by atoms with Crippen LogP contribution in [0.5, 0.6) is 5.75 Å². The van der Waals surface area contributed by atoms with Crippen molar-refractivity contribution in [3.05, 3.63) is 53.8 Å². The molecule has 0 radical (unpaired) electrons. The lowest BCUT2D eigenvalue weighted by Crippen LogP contribution is -2.38. The number of halogens is 1. The van der Waals surface area contributed by atoms with Crippen molar-refractivity contribution >= 4 is 21.6 Å². The molecule has 30 heavy (non-hydrogen) atoms. The predicted molar refractivity (Wildman–Crippen MR) is 113 cm³/mol. The lowest BCUT2D eigenvalue weighted by molar-refractivity contribution is -0.116. The van der Waals surface area contributed by atoms with Crippen molar-refractivity contribution in [2.45, 2.75) is 37.5 Å². The molecule has 0 unspecified atom stereocenters. The van der Waals surface area contributed by atoms with Gasteiger partial charge in [-0.15, -0.1) is 0 Å². The van der Waals surface area contributed by atoms with Crippen LogP contribution < -0.4 is 10.1 Å². The van der Waals surface area contributed by atoms with Gasteiger partial charge in [-0.1, -0.05) is 18.2 Å². The van der Waals surface area contributed by atoms with E-state index in [1.165, 1.54) is 23.5 Å². The molecular formula is C22H27FN2O4S. The van der Waals surface area contributed by atoms with Crippen LogP contribution in [0.4, 0.5) is 10.1 Å². The Hall–Kier alpha value is -2.45. The molecule has 3 rings (SSSR count). The molecule has 1 aliphatic heterocycles. The zero-order valence-corrected chi connectivity index (χ0v) is 18.0. The molecular weight excluding hydrogens is 407 g/mol. The molecule has 1 fully saturated rings. The Morgan fingerprint density at radius 2 is 1.90 bits per heavy atom. The third-order valence-corrected chi connectivity index (χ3v) is 7.56. The maximum absolute atomic E-state index is 13.7. The number of benzene rings is 2. The lowest BCUT2D eigenvalue weighted by atomic mass is 9.93. The largest absolute Gasteiger partial charge is 0.494 e. The zero-order chi connectivity index (χ0) is 21.7. The number of piperidine rings is 1. The quantitative estimate of drug-likeness (QED) is 0.716. The van der Waals surface area contributed by atoms with Gasteiger partial charge in [-0.3, -0.25) is 4.79 Å². The van der Waals surface area contributed by atoms with Crippen molar-refractivity contribution in [2.24, 2.45) is 5.92 Å². The van der Waals surface area contributed by atoms with Crippen LogP contribution >= 0.6 is 0 Å². The van der Waals surface area contributed by atoms with E-state index in [4.69, 9.17) is 4.74 Å². The zero-order valence-electron chi connectivity index (χ0n) is 17.2. The van der Waals surface area contributed by atoms with Crippen LogP contribution in [0.15, 0.2) is 47.4 Å². The molecule has 2 aromatic carbocycles. The van der Waals surface area contributed by atoms with Crippen LogP contribution in [0.3, 0.4) is 0 Å². The Morgan fingerprint density at radius 3 is 2.53 bits per heavy atom. The summed E-state index contributed by atoms with van der Waals surface area (Å²) in [6.45, 7) is 2.70. The van der Waals surface area contributed by atoms with E-state index in [1.807, 2.05) is 6.07 Å². The van der Waals surface area contributed by atoms with Gasteiger partial charge in [-0.2, -0.15) is 4.31 Å². The van der Waals surface area contributed by atoms with Crippen LogP contribution in [0.2, 0.25) is 0 Å². The first-order chi connectivity index (χ1) is 14.3. The minimum atomic E-state index is -3.49. The molecule has 8 heteroatoms. The van der Waals surface area contributed by atoms with Gasteiger partial charge in [0.1, 0.15) is 0 Å². The second-order valence-electron chi connectivity index (χ2n) is 7.55. The van der Waals surface area contributed by atoms with Crippen LogP contribution in [-0.4, -0.2) is 38.8 Å². The highest BCUT2D eigenvalue weighted by Crippen LogP contribution is 2.28. The molecule has 162 valence electrons. The number of rotatable bonds is 7. The number of hydrogen-bond donors (Lipinski definition) is 1. The fourth-order valence-electron chi connectivity index (χ4n) is 3.73. The average molecular weight is 435 g/mol. The van der Waals surface area contributed by atoms with Crippen LogP contribution in [0.1, 0.15) is 31.2 Å². The van der Waals surface area contributed by atoms with E-state index in [-0.39, 0.29) is 17.6 Å². The number of amides is 1. The number of carbonyl (C=O) groups excluding carboxylic acids is 1. The fraction of sp³-hybridized carbons (Fsp3) is 0.409. The van der Waals surface area contributed by atoms with E-state index in [9.17, 15) is 17.6 Å². The summed E-state index contributed by atoms with van der Waals surface area (Å²) in [5.74, 6) is -0.306. The van der Waals surface area contributed by atoms with E-state index in [1.54, 1.807) is 31.2 Å². The molecule has 6 nitrogen and oxygen atoms in total. The molecule has 0 spiro atoms. The molecule has 1 N–H and O–H groups in total. The Bertz CT molecular complexity index is 1000. The van der Waals surface area contributed by atoms with Crippen molar-refractivity contribution in [1.82, 2.24) is 4.31 Å². The minimum Gasteiger partial charge on any atom is -0.494 e. The number of ether oxygens (including phenoxy) is 1. The van der Waals surface area contributed by atoms with Gasteiger partial charge >= 0.3 is 0 Å². The highest BCUT2D eigenvalue weighted by atomic mass is 32.2. The van der Waals surface area contributed by atoms with Gasteiger partial charge in [0, 0.05) is 31.3 Å². The number of nitrogens with one attached hydrogen (secondary N) is 1. The topological polar surface area (TPSA) is 75.7 Å². The monoisotopic (exact) mass is 434 g/mol. The van der Waals surface area contributed by atoms with Crippen molar-refractivity contribution in [2.75, 3.05) is 25.5 Å². The molecule has 2 aromatic rings. The standard InChI is InChI=1S/C22H27FN2O4S/c1-16-5-3-4-6-21(16)30(27,28)25-13-11-17(12-14-25)7-10-22(26)24-18-8-9-20(29-2)19(23)15-18/h3-6,8-9,15,17H,7,10-14H2,1-2H3,(H,24,26). The Kier molecular flexibility index (Phi) is 7.10. The number of aryl methyl sites for hydroxylation is 1. The van der Waals surface area contributed by atoms with Crippen molar-refractivity contribution in [1.29, 1.82) is 0 Å². The van der Waals surface area contributed by atoms with Gasteiger partial charge in [-0.25, -0.2) is 12.8 Å². The van der Waals surface area contributed by atoms with Gasteiger partial charge in [0.2, 0.25) is 15.9 Å². The molecule has 0 aliphatic carbocycles. The maximum Gasteiger partial charge on any atom is 0.243 e. The molecule has 0 saturated carbocycles. The predicted octanol–water partition coefficient (Wildman–Crippen LogP) is 3.96. The normalized spacial score (nSPS) is 15.7. The Morgan fingerprint density at radius 1 is 1.20 bits per heavy atom. The van der Waals surface area contributed by atoms with E-state index in [0.717, 1.165) is 18.4 Å². The first-order valence-electron chi connectivity index (χ1n) is 10.0. The van der Waals surface area contributed by atoms with Crippen LogP contribution in [-0.2, 0) is 14.8 Å². The highest BCUT2D eigenvalue weighted by Gasteiger charge is 2.30. The molecule has 0 aromatic heterocycles. The number of methoxy groups -OCH3 is 1. The summed E-state index contributed by atoms with van der Waals surface area (Å²) in [4.78, 5) is 12.6. The molecule has 1 aliphatic rings. The van der Waals surface area contributed by atoms with E-state index in [2.05, 4.69) is 5.32 Å². The number of nitrogens with zero attached hydrogens (tertiary/aromatic N) is 1. The molecule has 1 saturated heterocycles. The lowest BCUT2D eigenvalue weighted by Gasteiger charge is -2.31. The molecule has 0 bridgehead atoms. The van der Waals surface area contributed by atoms with Gasteiger partial charge in [0.15, 0.2) is 11.6 Å². The first kappa shape index (κ1) is 22.2. The summed E-state index contributed by atoms with van der Waals surface area (Å²) in [5.41, 5.74) is 1.13. The van der Waals surface area contributed by atoms with Gasteiger partial charge in [0.05, 0.1) is 12.0 Å². The molecule has 1 heterocycles. The number of hydrogen-bond acceptors (Lipinski definition) is 4. The summed E-state index contributed by atoms with van der Waals surface area (Å²) in [7, 11) is -2.11. The van der Waals surface area contributed by atoms with E-state index < -0.39 is 15.8 Å². The smallest absolute Gasteiger partial charge is 0.243 e. The summed E-state index contributed by atoms with van der Waals surface area (Å²) < 4.78 is 45.9. The highest BCUT2D eigenvalue weighted by molar-refractivity contribution is 7.89. The van der Waals surface area contributed by atoms with Crippen LogP contribution in [0, 0.1) is 18.7 Å². The molecule has 0 atom stereocenters. The maximum atomic E-state index is 13.7. The third-order valence-electron chi connectivity index (χ3n) is 5.50. The number of sulfonamides is 1. The van der Waals surface area contributed by atoms with Crippen LogP contribution in [0.25, 0.3) is 0 Å². The Balaban J connectivity index is 1.48. The van der Waals surface area contributed by atoms with Crippen molar-refractivity contribution < 1.29 is 22.3 Å². The number of carbonyl (C=O) groups is 1. The summed E-state index contributed by atoms with van der Waals surface area (Å²) in [5, 5.41) is 2.69. The minimum absolute atomic E-state index is 0.125. The average Bonchev–Trinajstić information content (AvgIpc) is 2.73. The van der Waals surface area contributed by atoms with Crippen molar-refractivity contribution in [3.8, 4) is 5.75 Å². The SMILES string of the molecule is COc1ccc(NC(=O)CCC2CCN(S(=O)(=O)c3ccccc3C)CC2)cc1F. The summed E-state index contributed by atoms with van der Waals surface area (Å²) in [6.07, 6.45) is 2.41. The number of anilines is 1. The van der Waals surface area contributed by atoms with Gasteiger partial charge in [-0.05, 0) is 55.9 Å². The van der Waals surface area contributed by atoms with E-state index >= 15 is 0 Å². The van der Waals surface area contributed by atoms with Gasteiger partial charge < -0.3 is 10.1 Å². The second kappa shape index (κ2) is 9.57. The third kappa shape index (κ3) is 5.17. The summed E-state index contributed by atoms with van der Waals surface area (Å²) >= 11 is 0. The van der Waals surface area contributed by atoms with Gasteiger partial charge in [0.25, 0.3) is 0 Å². The van der Waals surface area contributed by atoms with E-state index in [0.29, 0.717) is 36.5 Å². The fourth-order valence-corrected chi connectivity index (χ4v) is 5.42.